The summed E-state index contributed by atoms with van der Waals surface area (Å²) in [6.45, 7) is 1.46. The molecule has 2 N–H and O–H groups in total. The Balaban J connectivity index is 1.46. The van der Waals surface area contributed by atoms with Gasteiger partial charge in [-0.2, -0.15) is 0 Å². The molecular weight excluding hydrogens is 435 g/mol. The number of carboxylic acids is 1. The van der Waals surface area contributed by atoms with E-state index in [1.807, 2.05) is 4.90 Å². The number of ether oxygens (including phenoxy) is 1. The highest BCUT2D eigenvalue weighted by molar-refractivity contribution is 5.97. The van der Waals surface area contributed by atoms with Gasteiger partial charge in [0.2, 0.25) is 5.43 Å². The first-order valence-corrected chi connectivity index (χ1v) is 10.4. The second-order valence-corrected chi connectivity index (χ2v) is 8.17. The highest BCUT2D eigenvalue weighted by Crippen LogP contribution is 2.41. The molecule has 11 heteroatoms. The Hall–Kier alpha value is -4.02. The first-order valence-electron chi connectivity index (χ1n) is 10.4. The summed E-state index contributed by atoms with van der Waals surface area (Å²) >= 11 is 0. The van der Waals surface area contributed by atoms with Gasteiger partial charge in [-0.1, -0.05) is 0 Å². The van der Waals surface area contributed by atoms with E-state index in [0.29, 0.717) is 25.2 Å². The number of aromatic carboxylic acids is 1. The van der Waals surface area contributed by atoms with Crippen LogP contribution in [0.15, 0.2) is 39.9 Å². The van der Waals surface area contributed by atoms with Gasteiger partial charge in [0.1, 0.15) is 16.8 Å². The van der Waals surface area contributed by atoms with Crippen LogP contribution in [0, 0.1) is 11.7 Å². The maximum absolute atomic E-state index is 15.3. The van der Waals surface area contributed by atoms with Crippen molar-refractivity contribution in [1.82, 2.24) is 9.99 Å². The fourth-order valence-electron chi connectivity index (χ4n) is 4.40. The van der Waals surface area contributed by atoms with E-state index in [1.165, 1.54) is 17.1 Å². The second-order valence-electron chi connectivity index (χ2n) is 8.17. The van der Waals surface area contributed by atoms with Crippen molar-refractivity contribution in [1.29, 1.82) is 0 Å². The number of rotatable bonds is 5. The number of nitrogens with one attached hydrogen (secondary N) is 1. The fourth-order valence-corrected chi connectivity index (χ4v) is 4.40. The van der Waals surface area contributed by atoms with Crippen LogP contribution in [-0.2, 0) is 0 Å². The number of amides is 1. The molecule has 2 aliphatic heterocycles. The first-order chi connectivity index (χ1) is 15.8. The van der Waals surface area contributed by atoms with Crippen LogP contribution in [0.4, 0.5) is 10.1 Å². The number of carboxylic acid groups (broad SMARTS) is 1. The SMILES string of the molecule is CN1COc2c(N3CCC(CNC(=O)c4ccco4)C3)c(F)cc3c(=O)c(C(=O)O)cn1c23. The number of benzene rings is 1. The molecule has 1 atom stereocenters. The lowest BCUT2D eigenvalue weighted by Gasteiger charge is -2.33. The molecule has 1 saturated heterocycles. The zero-order valence-corrected chi connectivity index (χ0v) is 17.7. The average Bonchev–Trinajstić information content (AvgIpc) is 3.48. The van der Waals surface area contributed by atoms with E-state index in [0.717, 1.165) is 12.5 Å². The predicted molar refractivity (Wildman–Crippen MR) is 116 cm³/mol. The Morgan fingerprint density at radius 3 is 2.91 bits per heavy atom. The van der Waals surface area contributed by atoms with Crippen LogP contribution in [-0.4, -0.2) is 55.1 Å². The Kier molecular flexibility index (Phi) is 4.95. The summed E-state index contributed by atoms with van der Waals surface area (Å²) in [7, 11) is 1.68. The lowest BCUT2D eigenvalue weighted by molar-refractivity contribution is 0.0694. The summed E-state index contributed by atoms with van der Waals surface area (Å²) in [5.41, 5.74) is -0.654. The molecule has 2 aromatic heterocycles. The zero-order valence-electron chi connectivity index (χ0n) is 17.7. The van der Waals surface area contributed by atoms with Crippen molar-refractivity contribution in [3.63, 3.8) is 0 Å². The number of aromatic nitrogens is 1. The Morgan fingerprint density at radius 1 is 1.36 bits per heavy atom. The first kappa shape index (κ1) is 20.9. The summed E-state index contributed by atoms with van der Waals surface area (Å²) < 4.78 is 27.7. The summed E-state index contributed by atoms with van der Waals surface area (Å²) in [4.78, 5) is 38.2. The molecule has 1 amide bonds. The van der Waals surface area contributed by atoms with Gasteiger partial charge in [0, 0.05) is 32.9 Å². The van der Waals surface area contributed by atoms with Gasteiger partial charge in [-0.25, -0.2) is 9.18 Å². The largest absolute Gasteiger partial charge is 0.477 e. The molecule has 4 heterocycles. The van der Waals surface area contributed by atoms with Crippen LogP contribution < -0.4 is 25.4 Å². The molecule has 3 aromatic rings. The number of hydrogen-bond acceptors (Lipinski definition) is 7. The van der Waals surface area contributed by atoms with Gasteiger partial charge in [-0.15, -0.1) is 0 Å². The molecule has 1 fully saturated rings. The monoisotopic (exact) mass is 456 g/mol. The third kappa shape index (κ3) is 3.45. The molecule has 0 aliphatic carbocycles. The molecule has 2 aliphatic rings. The number of nitrogens with zero attached hydrogens (tertiary/aromatic N) is 3. The second kappa shape index (κ2) is 7.84. The van der Waals surface area contributed by atoms with Gasteiger partial charge in [0.05, 0.1) is 11.6 Å². The summed E-state index contributed by atoms with van der Waals surface area (Å²) in [6.07, 6.45) is 3.38. The number of anilines is 1. The highest BCUT2D eigenvalue weighted by atomic mass is 19.1. The van der Waals surface area contributed by atoms with Gasteiger partial charge >= 0.3 is 5.97 Å². The van der Waals surface area contributed by atoms with Crippen molar-refractivity contribution >= 4 is 28.5 Å². The Morgan fingerprint density at radius 2 is 2.18 bits per heavy atom. The van der Waals surface area contributed by atoms with Crippen LogP contribution in [0.5, 0.6) is 5.75 Å². The minimum Gasteiger partial charge on any atom is -0.477 e. The van der Waals surface area contributed by atoms with Crippen LogP contribution in [0.3, 0.4) is 0 Å². The molecule has 1 aromatic carbocycles. The Bertz CT molecular complexity index is 1320. The summed E-state index contributed by atoms with van der Waals surface area (Å²) in [5.74, 6) is -1.84. The predicted octanol–water partition coefficient (Wildman–Crippen LogP) is 1.61. The number of hydrogen-bond donors (Lipinski definition) is 2. The normalized spacial score (nSPS) is 17.3. The average molecular weight is 456 g/mol. The number of carbonyl (C=O) groups excluding carboxylic acids is 1. The summed E-state index contributed by atoms with van der Waals surface area (Å²) in [6, 6.07) is 4.29. The van der Waals surface area contributed by atoms with Crippen molar-refractivity contribution in [3.8, 4) is 5.75 Å². The van der Waals surface area contributed by atoms with Crippen molar-refractivity contribution in [2.45, 2.75) is 6.42 Å². The standard InChI is InChI=1S/C22H21FN4O6/c1-25-11-33-20-17-13(19(28)14(22(30)31)10-27(17)25)7-15(23)18(20)26-5-4-12(9-26)8-24-21(29)16-3-2-6-32-16/h2-3,6-7,10,12H,4-5,8-9,11H2,1H3,(H,24,29)(H,30,31). The lowest BCUT2D eigenvalue weighted by Crippen LogP contribution is -2.40. The fraction of sp³-hybridized carbons (Fsp3) is 0.318. The smallest absolute Gasteiger partial charge is 0.341 e. The van der Waals surface area contributed by atoms with E-state index < -0.39 is 22.8 Å². The zero-order chi connectivity index (χ0) is 23.3. The molecule has 10 nitrogen and oxygen atoms in total. The molecule has 0 bridgehead atoms. The minimum absolute atomic E-state index is 0.0525. The molecule has 0 saturated carbocycles. The van der Waals surface area contributed by atoms with E-state index in [4.69, 9.17) is 9.15 Å². The number of carbonyl (C=O) groups is 2. The van der Waals surface area contributed by atoms with Gasteiger partial charge < -0.3 is 24.5 Å². The molecule has 33 heavy (non-hydrogen) atoms. The minimum atomic E-state index is -1.38. The van der Waals surface area contributed by atoms with E-state index in [-0.39, 0.29) is 41.1 Å². The number of pyridine rings is 1. The topological polar surface area (TPSA) is 117 Å². The molecule has 0 radical (unpaired) electrons. The van der Waals surface area contributed by atoms with Gasteiger partial charge in [0.25, 0.3) is 5.91 Å². The Labute approximate surface area is 186 Å². The third-order valence-electron chi connectivity index (χ3n) is 6.04. The quantitative estimate of drug-likeness (QED) is 0.595. The summed E-state index contributed by atoms with van der Waals surface area (Å²) in [5, 5.41) is 13.8. The van der Waals surface area contributed by atoms with Crippen molar-refractivity contribution in [2.75, 3.05) is 43.3 Å². The molecular formula is C22H21FN4O6. The van der Waals surface area contributed by atoms with Crippen LogP contribution in [0.25, 0.3) is 10.9 Å². The molecule has 5 rings (SSSR count). The van der Waals surface area contributed by atoms with Crippen LogP contribution >= 0.6 is 0 Å². The van der Waals surface area contributed by atoms with Crippen LogP contribution in [0.2, 0.25) is 0 Å². The van der Waals surface area contributed by atoms with E-state index in [1.54, 1.807) is 24.2 Å². The van der Waals surface area contributed by atoms with Gasteiger partial charge in [-0.05, 0) is 30.5 Å². The molecule has 172 valence electrons. The van der Waals surface area contributed by atoms with Gasteiger partial charge in [0.15, 0.2) is 24.1 Å². The van der Waals surface area contributed by atoms with Crippen molar-refractivity contribution in [2.24, 2.45) is 5.92 Å². The van der Waals surface area contributed by atoms with Crippen LogP contribution in [0.1, 0.15) is 27.3 Å². The highest BCUT2D eigenvalue weighted by Gasteiger charge is 2.32. The lowest BCUT2D eigenvalue weighted by atomic mass is 10.1. The maximum atomic E-state index is 15.3. The molecule has 0 spiro atoms. The van der Waals surface area contributed by atoms with Gasteiger partial charge in [-0.3, -0.25) is 19.3 Å². The van der Waals surface area contributed by atoms with Crippen molar-refractivity contribution < 1.29 is 28.2 Å². The number of halogens is 1. The third-order valence-corrected chi connectivity index (χ3v) is 6.04. The van der Waals surface area contributed by atoms with E-state index in [2.05, 4.69) is 5.32 Å². The van der Waals surface area contributed by atoms with E-state index >= 15 is 4.39 Å². The molecule has 1 unspecified atom stereocenters. The number of furan rings is 1. The maximum Gasteiger partial charge on any atom is 0.341 e. The van der Waals surface area contributed by atoms with E-state index in [9.17, 15) is 19.5 Å². The van der Waals surface area contributed by atoms with Crippen molar-refractivity contribution in [3.05, 3.63) is 58.0 Å².